The van der Waals surface area contributed by atoms with Crippen molar-refractivity contribution in [1.29, 1.82) is 0 Å². The molecule has 2 N–H and O–H groups in total. The Kier molecular flexibility index (Phi) is 3.79. The Labute approximate surface area is 119 Å². The van der Waals surface area contributed by atoms with Crippen molar-refractivity contribution in [2.24, 2.45) is 0 Å². The third kappa shape index (κ3) is 2.93. The monoisotopic (exact) mass is 294 g/mol. The zero-order chi connectivity index (χ0) is 15.6. The third-order valence-electron chi connectivity index (χ3n) is 3.23. The number of carboxylic acid groups (broad SMARTS) is 1. The van der Waals surface area contributed by atoms with E-state index < -0.39 is 22.3 Å². The predicted molar refractivity (Wildman–Crippen MR) is 71.3 cm³/mol. The van der Waals surface area contributed by atoms with Crippen LogP contribution in [0.1, 0.15) is 30.1 Å². The Balaban J connectivity index is 2.24. The molecule has 1 fully saturated rings. The van der Waals surface area contributed by atoms with Crippen molar-refractivity contribution in [2.75, 3.05) is 6.61 Å². The highest BCUT2D eigenvalue weighted by Crippen LogP contribution is 2.36. The highest BCUT2D eigenvalue weighted by molar-refractivity contribution is 5.99. The van der Waals surface area contributed by atoms with Crippen LogP contribution >= 0.6 is 0 Å². The van der Waals surface area contributed by atoms with Gasteiger partial charge in [-0.15, -0.1) is 0 Å². The van der Waals surface area contributed by atoms with Gasteiger partial charge in [-0.3, -0.25) is 14.9 Å². The number of rotatable bonds is 6. The summed E-state index contributed by atoms with van der Waals surface area (Å²) in [5.41, 5.74) is -1.54. The Morgan fingerprint density at radius 1 is 1.48 bits per heavy atom. The van der Waals surface area contributed by atoms with Gasteiger partial charge in [-0.05, 0) is 31.9 Å². The van der Waals surface area contributed by atoms with Gasteiger partial charge in [-0.1, -0.05) is 0 Å². The van der Waals surface area contributed by atoms with Gasteiger partial charge in [0.2, 0.25) is 0 Å². The summed E-state index contributed by atoms with van der Waals surface area (Å²) in [5.74, 6) is -1.68. The van der Waals surface area contributed by atoms with Crippen LogP contribution < -0.4 is 10.1 Å². The highest BCUT2D eigenvalue weighted by Gasteiger charge is 2.51. The summed E-state index contributed by atoms with van der Waals surface area (Å²) in [6.07, 6.45) is 0.709. The number of aliphatic carboxylic acids is 1. The Morgan fingerprint density at radius 3 is 2.62 bits per heavy atom. The zero-order valence-corrected chi connectivity index (χ0v) is 11.3. The molecule has 2 rings (SSSR count). The number of nitro benzene ring substituents is 1. The van der Waals surface area contributed by atoms with Crippen LogP contribution in [0.25, 0.3) is 0 Å². The Hall–Kier alpha value is -2.64. The van der Waals surface area contributed by atoms with Crippen LogP contribution in [0.2, 0.25) is 0 Å². The highest BCUT2D eigenvalue weighted by atomic mass is 16.6. The van der Waals surface area contributed by atoms with Crippen molar-refractivity contribution >= 4 is 17.6 Å². The number of carbonyl (C=O) groups is 2. The molecular weight excluding hydrogens is 280 g/mol. The number of ether oxygens (including phenoxy) is 1. The molecule has 0 aromatic heterocycles. The molecule has 0 saturated heterocycles. The van der Waals surface area contributed by atoms with E-state index in [1.54, 1.807) is 6.92 Å². The first kappa shape index (κ1) is 14.8. The summed E-state index contributed by atoms with van der Waals surface area (Å²) in [4.78, 5) is 33.4. The van der Waals surface area contributed by atoms with E-state index in [-0.39, 0.29) is 23.6 Å². The third-order valence-corrected chi connectivity index (χ3v) is 3.23. The molecule has 1 aliphatic rings. The Bertz CT molecular complexity index is 609. The SMILES string of the molecule is CCOc1ccc(C(=O)NC2(C(=O)O)CC2)cc1[N+](=O)[O-]. The molecule has 0 atom stereocenters. The second-order valence-corrected chi connectivity index (χ2v) is 4.71. The fraction of sp³-hybridized carbons (Fsp3) is 0.385. The van der Waals surface area contributed by atoms with Crippen LogP contribution in [0, 0.1) is 10.1 Å². The second kappa shape index (κ2) is 5.39. The number of hydrogen-bond acceptors (Lipinski definition) is 5. The number of benzene rings is 1. The summed E-state index contributed by atoms with van der Waals surface area (Å²) in [5, 5.41) is 22.4. The molecule has 1 aromatic carbocycles. The van der Waals surface area contributed by atoms with Gasteiger partial charge in [0.15, 0.2) is 5.75 Å². The minimum absolute atomic E-state index is 0.0256. The van der Waals surface area contributed by atoms with Crippen LogP contribution in [0.15, 0.2) is 18.2 Å². The molecule has 8 nitrogen and oxygen atoms in total. The van der Waals surface area contributed by atoms with Crippen LogP contribution in [-0.2, 0) is 4.79 Å². The molecule has 0 heterocycles. The van der Waals surface area contributed by atoms with E-state index in [1.807, 2.05) is 0 Å². The summed E-state index contributed by atoms with van der Waals surface area (Å²) in [7, 11) is 0. The zero-order valence-electron chi connectivity index (χ0n) is 11.3. The first-order valence-electron chi connectivity index (χ1n) is 6.37. The lowest BCUT2D eigenvalue weighted by Crippen LogP contribution is -2.43. The molecule has 1 aliphatic carbocycles. The number of hydrogen-bond donors (Lipinski definition) is 2. The molecule has 21 heavy (non-hydrogen) atoms. The quantitative estimate of drug-likeness (QED) is 0.603. The minimum Gasteiger partial charge on any atom is -0.487 e. The van der Waals surface area contributed by atoms with Gasteiger partial charge in [-0.2, -0.15) is 0 Å². The fourth-order valence-electron chi connectivity index (χ4n) is 1.89. The Morgan fingerprint density at radius 2 is 2.14 bits per heavy atom. The number of nitrogens with zero attached hydrogens (tertiary/aromatic N) is 1. The normalized spacial score (nSPS) is 15.1. The fourth-order valence-corrected chi connectivity index (χ4v) is 1.89. The minimum atomic E-state index is -1.23. The van der Waals surface area contributed by atoms with Crippen LogP contribution in [-0.4, -0.2) is 34.1 Å². The molecule has 0 radical (unpaired) electrons. The van der Waals surface area contributed by atoms with Gasteiger partial charge in [0.05, 0.1) is 11.5 Å². The van der Waals surface area contributed by atoms with E-state index >= 15 is 0 Å². The first-order chi connectivity index (χ1) is 9.89. The van der Waals surface area contributed by atoms with Crippen LogP contribution in [0.5, 0.6) is 5.75 Å². The van der Waals surface area contributed by atoms with E-state index in [4.69, 9.17) is 9.84 Å². The van der Waals surface area contributed by atoms with E-state index in [2.05, 4.69) is 5.32 Å². The lowest BCUT2D eigenvalue weighted by Gasteiger charge is -2.12. The van der Waals surface area contributed by atoms with Crippen LogP contribution in [0.3, 0.4) is 0 Å². The molecular formula is C13H14N2O6. The molecule has 0 unspecified atom stereocenters. The number of carboxylic acids is 1. The first-order valence-corrected chi connectivity index (χ1v) is 6.37. The van der Waals surface area contributed by atoms with Gasteiger partial charge < -0.3 is 15.2 Å². The van der Waals surface area contributed by atoms with Crippen molar-refractivity contribution in [2.45, 2.75) is 25.3 Å². The largest absolute Gasteiger partial charge is 0.487 e. The van der Waals surface area contributed by atoms with Crippen LogP contribution in [0.4, 0.5) is 5.69 Å². The lowest BCUT2D eigenvalue weighted by molar-refractivity contribution is -0.385. The van der Waals surface area contributed by atoms with Crippen molar-refractivity contribution in [3.05, 3.63) is 33.9 Å². The summed E-state index contributed by atoms with van der Waals surface area (Å²) < 4.78 is 5.12. The number of carbonyl (C=O) groups excluding carboxylic acids is 1. The van der Waals surface area contributed by atoms with Gasteiger partial charge in [0.25, 0.3) is 5.91 Å². The molecule has 0 bridgehead atoms. The van der Waals surface area contributed by atoms with E-state index in [1.165, 1.54) is 12.1 Å². The summed E-state index contributed by atoms with van der Waals surface area (Å²) in [6.45, 7) is 1.95. The van der Waals surface area contributed by atoms with E-state index in [9.17, 15) is 19.7 Å². The van der Waals surface area contributed by atoms with Crippen molar-refractivity contribution < 1.29 is 24.4 Å². The average Bonchev–Trinajstić information content (AvgIpc) is 3.20. The molecule has 1 saturated carbocycles. The molecule has 1 aromatic rings. The molecule has 8 heteroatoms. The lowest BCUT2D eigenvalue weighted by atomic mass is 10.1. The molecule has 0 aliphatic heterocycles. The maximum atomic E-state index is 12.0. The smallest absolute Gasteiger partial charge is 0.329 e. The van der Waals surface area contributed by atoms with Crippen molar-refractivity contribution in [3.63, 3.8) is 0 Å². The second-order valence-electron chi connectivity index (χ2n) is 4.71. The summed E-state index contributed by atoms with van der Waals surface area (Å²) >= 11 is 0. The topological polar surface area (TPSA) is 119 Å². The molecule has 0 spiro atoms. The van der Waals surface area contributed by atoms with Gasteiger partial charge >= 0.3 is 11.7 Å². The van der Waals surface area contributed by atoms with Crippen molar-refractivity contribution in [3.8, 4) is 5.75 Å². The van der Waals surface area contributed by atoms with E-state index in [0.717, 1.165) is 6.07 Å². The van der Waals surface area contributed by atoms with E-state index in [0.29, 0.717) is 12.8 Å². The maximum Gasteiger partial charge on any atom is 0.329 e. The summed E-state index contributed by atoms with van der Waals surface area (Å²) in [6, 6.07) is 3.78. The number of amides is 1. The maximum absolute atomic E-state index is 12.0. The van der Waals surface area contributed by atoms with Gasteiger partial charge in [-0.25, -0.2) is 4.79 Å². The molecule has 1 amide bonds. The predicted octanol–water partition coefficient (Wildman–Crippen LogP) is 1.34. The number of nitro groups is 1. The number of nitrogens with one attached hydrogen (secondary N) is 1. The standard InChI is InChI=1S/C13H14N2O6/c1-2-21-10-4-3-8(7-9(10)15(19)20)11(16)14-13(5-6-13)12(17)18/h3-4,7H,2,5-6H2,1H3,(H,14,16)(H,17,18). The van der Waals surface area contributed by atoms with Gasteiger partial charge in [0, 0.05) is 11.6 Å². The molecule has 112 valence electrons. The average molecular weight is 294 g/mol. The van der Waals surface area contributed by atoms with Gasteiger partial charge in [0.1, 0.15) is 5.54 Å². The van der Waals surface area contributed by atoms with Crippen molar-refractivity contribution in [1.82, 2.24) is 5.32 Å².